The topological polar surface area (TPSA) is 60.7 Å². The quantitative estimate of drug-likeness (QED) is 0.870. The molecule has 0 aliphatic heterocycles. The molecular weight excluding hydrogens is 300 g/mol. The Kier molecular flexibility index (Phi) is 3.77. The van der Waals surface area contributed by atoms with Crippen molar-refractivity contribution >= 4 is 17.4 Å². The molecule has 5 nitrogen and oxygen atoms in total. The summed E-state index contributed by atoms with van der Waals surface area (Å²) in [4.78, 5) is 12.6. The first-order valence-corrected chi connectivity index (χ1v) is 7.92. The van der Waals surface area contributed by atoms with E-state index < -0.39 is 0 Å². The smallest absolute Gasteiger partial charge is 0.176 e. The summed E-state index contributed by atoms with van der Waals surface area (Å²) in [5, 5.41) is 13.0. The number of aromatic nitrogens is 4. The van der Waals surface area contributed by atoms with E-state index in [0.717, 1.165) is 36.2 Å². The van der Waals surface area contributed by atoms with Gasteiger partial charge in [-0.15, -0.1) is 10.2 Å². The summed E-state index contributed by atoms with van der Waals surface area (Å²) in [6, 6.07) is 3.47. The Labute approximate surface area is 134 Å². The van der Waals surface area contributed by atoms with Gasteiger partial charge in [0.1, 0.15) is 0 Å². The predicted octanol–water partition coefficient (Wildman–Crippen LogP) is 3.42. The maximum Gasteiger partial charge on any atom is 0.176 e. The van der Waals surface area contributed by atoms with E-state index >= 15 is 0 Å². The lowest BCUT2D eigenvalue weighted by Crippen LogP contribution is -2.28. The van der Waals surface area contributed by atoms with Gasteiger partial charge in [0.05, 0.1) is 17.0 Å². The molecule has 1 aliphatic rings. The largest absolute Gasteiger partial charge is 0.294 e. The molecule has 0 atom stereocenters. The Morgan fingerprint density at radius 1 is 1.27 bits per heavy atom. The average Bonchev–Trinajstić information content (AvgIpc) is 2.77. The van der Waals surface area contributed by atoms with Crippen LogP contribution in [-0.4, -0.2) is 25.8 Å². The zero-order valence-corrected chi connectivity index (χ0v) is 13.8. The zero-order chi connectivity index (χ0) is 15.9. The van der Waals surface area contributed by atoms with Crippen molar-refractivity contribution in [2.75, 3.05) is 0 Å². The molecule has 0 amide bonds. The van der Waals surface area contributed by atoms with Crippen molar-refractivity contribution in [1.29, 1.82) is 0 Å². The number of carbonyl (C=O) groups excluding carboxylic acids is 1. The molecule has 22 heavy (non-hydrogen) atoms. The van der Waals surface area contributed by atoms with E-state index in [1.165, 1.54) is 0 Å². The molecule has 0 saturated heterocycles. The molecule has 0 spiro atoms. The molecule has 0 bridgehead atoms. The lowest BCUT2D eigenvalue weighted by Gasteiger charge is -2.29. The Balaban J connectivity index is 2.17. The maximum absolute atomic E-state index is 12.6. The zero-order valence-electron chi connectivity index (χ0n) is 13.1. The Morgan fingerprint density at radius 3 is 2.68 bits per heavy atom. The molecule has 3 rings (SSSR count). The first-order chi connectivity index (χ1) is 10.4. The summed E-state index contributed by atoms with van der Waals surface area (Å²) in [6.07, 6.45) is 3.11. The monoisotopic (exact) mass is 318 g/mol. The van der Waals surface area contributed by atoms with Crippen LogP contribution in [0, 0.1) is 5.41 Å². The fraction of sp³-hybridized carbons (Fsp3) is 0.500. The van der Waals surface area contributed by atoms with E-state index in [1.807, 2.05) is 0 Å². The third-order valence-corrected chi connectivity index (χ3v) is 4.14. The first-order valence-electron chi connectivity index (χ1n) is 7.55. The SMILES string of the molecule is CCCc1nn(-c2ccc(Cl)nn2)c2c1C(=O)CC(C)(C)C2. The highest BCUT2D eigenvalue weighted by Gasteiger charge is 2.36. The van der Waals surface area contributed by atoms with Gasteiger partial charge in [0.15, 0.2) is 16.8 Å². The number of hydrogen-bond donors (Lipinski definition) is 0. The second kappa shape index (κ2) is 5.47. The van der Waals surface area contributed by atoms with Crippen molar-refractivity contribution in [2.24, 2.45) is 5.41 Å². The van der Waals surface area contributed by atoms with E-state index in [1.54, 1.807) is 16.8 Å². The van der Waals surface area contributed by atoms with Crippen LogP contribution in [0.2, 0.25) is 5.15 Å². The third kappa shape index (κ3) is 2.65. The van der Waals surface area contributed by atoms with Gasteiger partial charge in [0.2, 0.25) is 0 Å². The van der Waals surface area contributed by atoms with E-state index in [-0.39, 0.29) is 11.2 Å². The molecule has 1 aliphatic carbocycles. The molecule has 0 fully saturated rings. The van der Waals surface area contributed by atoms with Crippen molar-refractivity contribution in [3.63, 3.8) is 0 Å². The normalized spacial score (nSPS) is 16.6. The predicted molar refractivity (Wildman–Crippen MR) is 84.6 cm³/mol. The van der Waals surface area contributed by atoms with Gasteiger partial charge in [0.25, 0.3) is 0 Å². The summed E-state index contributed by atoms with van der Waals surface area (Å²) < 4.78 is 1.77. The minimum Gasteiger partial charge on any atom is -0.294 e. The minimum atomic E-state index is -0.0643. The van der Waals surface area contributed by atoms with E-state index in [4.69, 9.17) is 11.6 Å². The van der Waals surface area contributed by atoms with Crippen LogP contribution in [-0.2, 0) is 12.8 Å². The number of nitrogens with zero attached hydrogens (tertiary/aromatic N) is 4. The van der Waals surface area contributed by atoms with Crippen molar-refractivity contribution in [3.8, 4) is 5.82 Å². The van der Waals surface area contributed by atoms with Gasteiger partial charge in [-0.1, -0.05) is 38.8 Å². The fourth-order valence-corrected chi connectivity index (χ4v) is 3.15. The summed E-state index contributed by atoms with van der Waals surface area (Å²) in [5.74, 6) is 0.788. The van der Waals surface area contributed by atoms with Gasteiger partial charge in [-0.2, -0.15) is 5.10 Å². The highest BCUT2D eigenvalue weighted by Crippen LogP contribution is 2.37. The molecule has 2 heterocycles. The molecule has 0 N–H and O–H groups in total. The lowest BCUT2D eigenvalue weighted by molar-refractivity contribution is 0.0910. The molecule has 2 aromatic rings. The molecule has 0 radical (unpaired) electrons. The molecule has 0 unspecified atom stereocenters. The molecule has 2 aromatic heterocycles. The number of fused-ring (bicyclic) bond motifs is 1. The van der Waals surface area contributed by atoms with Gasteiger partial charge >= 0.3 is 0 Å². The van der Waals surface area contributed by atoms with Gasteiger partial charge < -0.3 is 0 Å². The Morgan fingerprint density at radius 2 is 2.05 bits per heavy atom. The minimum absolute atomic E-state index is 0.0643. The van der Waals surface area contributed by atoms with Crippen LogP contribution in [0.4, 0.5) is 0 Å². The van der Waals surface area contributed by atoms with E-state index in [0.29, 0.717) is 17.4 Å². The van der Waals surface area contributed by atoms with Gasteiger partial charge in [0, 0.05) is 6.42 Å². The first kappa shape index (κ1) is 15.2. The maximum atomic E-state index is 12.6. The molecular formula is C16H19ClN4O. The highest BCUT2D eigenvalue weighted by molar-refractivity contribution is 6.29. The van der Waals surface area contributed by atoms with Crippen LogP contribution >= 0.6 is 11.6 Å². The van der Waals surface area contributed by atoms with Crippen LogP contribution in [0.5, 0.6) is 0 Å². The highest BCUT2D eigenvalue weighted by atomic mass is 35.5. The lowest BCUT2D eigenvalue weighted by atomic mass is 9.75. The number of carbonyl (C=O) groups is 1. The summed E-state index contributed by atoms with van der Waals surface area (Å²) in [7, 11) is 0. The van der Waals surface area contributed by atoms with Crippen molar-refractivity contribution in [2.45, 2.75) is 46.5 Å². The second-order valence-electron chi connectivity index (χ2n) is 6.59. The fourth-order valence-electron chi connectivity index (χ4n) is 3.05. The van der Waals surface area contributed by atoms with Crippen molar-refractivity contribution in [3.05, 3.63) is 34.2 Å². The standard InChI is InChI=1S/C16H19ClN4O/c1-4-5-10-15-11(8-16(2,3)9-12(15)22)21(20-10)14-7-6-13(17)18-19-14/h6-7H,4-5,8-9H2,1-3H3. The average molecular weight is 319 g/mol. The second-order valence-corrected chi connectivity index (χ2v) is 6.97. The van der Waals surface area contributed by atoms with Crippen molar-refractivity contribution < 1.29 is 4.79 Å². The number of ketones is 1. The van der Waals surface area contributed by atoms with E-state index in [2.05, 4.69) is 36.1 Å². The molecule has 0 saturated carbocycles. The molecule has 6 heteroatoms. The van der Waals surface area contributed by atoms with Crippen LogP contribution in [0.1, 0.15) is 55.4 Å². The van der Waals surface area contributed by atoms with E-state index in [9.17, 15) is 4.79 Å². The summed E-state index contributed by atoms with van der Waals surface area (Å²) in [5.41, 5.74) is 2.54. The van der Waals surface area contributed by atoms with Crippen LogP contribution in [0.25, 0.3) is 5.82 Å². The number of Topliss-reactive ketones (excluding diaryl/α,β-unsaturated/α-hetero) is 1. The van der Waals surface area contributed by atoms with Gasteiger partial charge in [-0.25, -0.2) is 4.68 Å². The third-order valence-electron chi connectivity index (χ3n) is 3.94. The number of aryl methyl sites for hydroxylation is 1. The Hall–Kier alpha value is -1.75. The number of hydrogen-bond acceptors (Lipinski definition) is 4. The van der Waals surface area contributed by atoms with Crippen LogP contribution < -0.4 is 0 Å². The summed E-state index contributed by atoms with van der Waals surface area (Å²) >= 11 is 5.81. The van der Waals surface area contributed by atoms with Gasteiger partial charge in [-0.05, 0) is 30.4 Å². The summed E-state index contributed by atoms with van der Waals surface area (Å²) in [6.45, 7) is 6.31. The molecule has 0 aromatic carbocycles. The van der Waals surface area contributed by atoms with Gasteiger partial charge in [-0.3, -0.25) is 4.79 Å². The van der Waals surface area contributed by atoms with Crippen LogP contribution in [0.3, 0.4) is 0 Å². The Bertz CT molecular complexity index is 718. The number of rotatable bonds is 3. The molecule has 116 valence electrons. The van der Waals surface area contributed by atoms with Crippen molar-refractivity contribution in [1.82, 2.24) is 20.0 Å². The van der Waals surface area contributed by atoms with Crippen LogP contribution in [0.15, 0.2) is 12.1 Å². The number of halogens is 1.